The molecule has 0 atom stereocenters. The predicted molar refractivity (Wildman–Crippen MR) is 112 cm³/mol. The third-order valence-corrected chi connectivity index (χ3v) is 6.62. The average Bonchev–Trinajstić information content (AvgIpc) is 3.05. The third kappa shape index (κ3) is 5.92. The van der Waals surface area contributed by atoms with Crippen LogP contribution in [0.4, 0.5) is 5.69 Å². The molecule has 162 valence electrons. The van der Waals surface area contributed by atoms with E-state index in [1.165, 1.54) is 6.42 Å². The van der Waals surface area contributed by atoms with Gasteiger partial charge in [-0.1, -0.05) is 6.42 Å². The number of guanidine groups is 1. The number of anilines is 1. The number of hydrogen-bond acceptors (Lipinski definition) is 5. The Morgan fingerprint density at radius 3 is 2.72 bits per heavy atom. The molecule has 1 aliphatic carbocycles. The lowest BCUT2D eigenvalue weighted by molar-refractivity contribution is -0.120. The van der Waals surface area contributed by atoms with Crippen molar-refractivity contribution < 1.29 is 13.2 Å². The molecule has 1 amide bonds. The third-order valence-electron chi connectivity index (χ3n) is 5.30. The first kappa shape index (κ1) is 21.6. The summed E-state index contributed by atoms with van der Waals surface area (Å²) in [5.74, 6) is 0.955. The summed E-state index contributed by atoms with van der Waals surface area (Å²) in [6.45, 7) is 4.58. The fraction of sp³-hybridized carbons (Fsp3) is 0.722. The topological polar surface area (TPSA) is 112 Å². The highest BCUT2D eigenvalue weighted by atomic mass is 32.2. The molecule has 0 spiro atoms. The SMILES string of the molecule is CCNC(=NCCS(=O)(=O)NCC1CCC1)N1CCN(c2cnn(C)c2)C(=O)C1. The number of piperazine rings is 1. The van der Waals surface area contributed by atoms with Crippen molar-refractivity contribution in [2.24, 2.45) is 18.0 Å². The summed E-state index contributed by atoms with van der Waals surface area (Å²) in [6.07, 6.45) is 6.88. The number of nitrogens with one attached hydrogen (secondary N) is 2. The maximum absolute atomic E-state index is 12.6. The normalized spacial score (nSPS) is 18.8. The Bertz CT molecular complexity index is 832. The van der Waals surface area contributed by atoms with Crippen LogP contribution in [0, 0.1) is 5.92 Å². The lowest BCUT2D eigenvalue weighted by Crippen LogP contribution is -2.55. The summed E-state index contributed by atoms with van der Waals surface area (Å²) >= 11 is 0. The van der Waals surface area contributed by atoms with Gasteiger partial charge in [-0.2, -0.15) is 5.10 Å². The van der Waals surface area contributed by atoms with Crippen LogP contribution in [0.25, 0.3) is 0 Å². The Hall–Kier alpha value is -2.14. The molecule has 2 N–H and O–H groups in total. The van der Waals surface area contributed by atoms with E-state index in [0.29, 0.717) is 38.1 Å². The number of rotatable bonds is 8. The van der Waals surface area contributed by atoms with Crippen LogP contribution in [-0.2, 0) is 21.9 Å². The van der Waals surface area contributed by atoms with Gasteiger partial charge in [0.05, 0.1) is 24.2 Å². The molecule has 1 saturated carbocycles. The van der Waals surface area contributed by atoms with E-state index in [1.54, 1.807) is 15.8 Å². The lowest BCUT2D eigenvalue weighted by Gasteiger charge is -2.35. The van der Waals surface area contributed by atoms with Crippen LogP contribution in [0.2, 0.25) is 0 Å². The van der Waals surface area contributed by atoms with Crippen molar-refractivity contribution in [1.29, 1.82) is 0 Å². The van der Waals surface area contributed by atoms with Crippen molar-refractivity contribution in [3.63, 3.8) is 0 Å². The fourth-order valence-electron chi connectivity index (χ4n) is 3.39. The molecular formula is C18H31N7O3S. The molecule has 2 aliphatic rings. The summed E-state index contributed by atoms with van der Waals surface area (Å²) in [4.78, 5) is 20.6. The van der Waals surface area contributed by atoms with Crippen molar-refractivity contribution >= 4 is 27.6 Å². The summed E-state index contributed by atoms with van der Waals surface area (Å²) in [6, 6.07) is 0. The minimum atomic E-state index is -3.34. The molecule has 11 heteroatoms. The second-order valence-electron chi connectivity index (χ2n) is 7.54. The second-order valence-corrected chi connectivity index (χ2v) is 9.47. The van der Waals surface area contributed by atoms with E-state index in [0.717, 1.165) is 18.5 Å². The van der Waals surface area contributed by atoms with Crippen LogP contribution in [-0.4, -0.2) is 80.0 Å². The smallest absolute Gasteiger partial charge is 0.246 e. The van der Waals surface area contributed by atoms with Gasteiger partial charge in [-0.3, -0.25) is 14.5 Å². The van der Waals surface area contributed by atoms with Crippen LogP contribution in [0.3, 0.4) is 0 Å². The van der Waals surface area contributed by atoms with Gasteiger partial charge in [0.1, 0.15) is 6.54 Å². The zero-order valence-electron chi connectivity index (χ0n) is 17.2. The summed E-state index contributed by atoms with van der Waals surface area (Å²) in [5, 5.41) is 7.28. The van der Waals surface area contributed by atoms with Crippen molar-refractivity contribution in [2.45, 2.75) is 26.2 Å². The number of hydrogen-bond donors (Lipinski definition) is 2. The van der Waals surface area contributed by atoms with Gasteiger partial charge in [-0.05, 0) is 25.7 Å². The number of carbonyl (C=O) groups excluding carboxylic acids is 1. The molecule has 0 aromatic carbocycles. The predicted octanol–water partition coefficient (Wildman–Crippen LogP) is -0.246. The zero-order chi connectivity index (χ0) is 20.9. The van der Waals surface area contributed by atoms with Crippen molar-refractivity contribution in [3.05, 3.63) is 12.4 Å². The van der Waals surface area contributed by atoms with Gasteiger partial charge in [0, 0.05) is 39.4 Å². The molecule has 29 heavy (non-hydrogen) atoms. The van der Waals surface area contributed by atoms with E-state index in [9.17, 15) is 13.2 Å². The molecule has 1 saturated heterocycles. The number of aromatic nitrogens is 2. The molecule has 1 aliphatic heterocycles. The molecule has 1 aromatic heterocycles. The van der Waals surface area contributed by atoms with E-state index in [4.69, 9.17) is 0 Å². The second kappa shape index (κ2) is 9.57. The zero-order valence-corrected chi connectivity index (χ0v) is 18.0. The number of nitrogens with zero attached hydrogens (tertiary/aromatic N) is 5. The summed E-state index contributed by atoms with van der Waals surface area (Å²) in [5.41, 5.74) is 0.780. The Morgan fingerprint density at radius 1 is 1.34 bits per heavy atom. The Morgan fingerprint density at radius 2 is 2.14 bits per heavy atom. The molecule has 1 aromatic rings. The minimum absolute atomic E-state index is 0.0374. The van der Waals surface area contributed by atoms with E-state index >= 15 is 0 Å². The highest BCUT2D eigenvalue weighted by Gasteiger charge is 2.28. The first-order valence-electron chi connectivity index (χ1n) is 10.2. The van der Waals surface area contributed by atoms with Gasteiger partial charge in [0.15, 0.2) is 5.96 Å². The molecule has 10 nitrogen and oxygen atoms in total. The highest BCUT2D eigenvalue weighted by molar-refractivity contribution is 7.89. The molecule has 2 fully saturated rings. The maximum atomic E-state index is 12.6. The van der Waals surface area contributed by atoms with Gasteiger partial charge >= 0.3 is 0 Å². The van der Waals surface area contributed by atoms with E-state index in [2.05, 4.69) is 20.1 Å². The van der Waals surface area contributed by atoms with Gasteiger partial charge < -0.3 is 15.1 Å². The molecule has 0 bridgehead atoms. The Kier molecular flexibility index (Phi) is 7.12. The number of aryl methyl sites for hydroxylation is 1. The fourth-order valence-corrected chi connectivity index (χ4v) is 4.35. The van der Waals surface area contributed by atoms with E-state index in [1.807, 2.05) is 25.1 Å². The quantitative estimate of drug-likeness (QED) is 0.439. The van der Waals surface area contributed by atoms with Crippen LogP contribution in [0.1, 0.15) is 26.2 Å². The molecule has 2 heterocycles. The first-order valence-corrected chi connectivity index (χ1v) is 11.8. The number of sulfonamides is 1. The van der Waals surface area contributed by atoms with Crippen molar-refractivity contribution in [2.75, 3.05) is 49.9 Å². The van der Waals surface area contributed by atoms with Crippen LogP contribution < -0.4 is 14.9 Å². The van der Waals surface area contributed by atoms with Crippen LogP contribution in [0.15, 0.2) is 17.4 Å². The lowest BCUT2D eigenvalue weighted by atomic mass is 9.86. The van der Waals surface area contributed by atoms with Gasteiger partial charge in [0.25, 0.3) is 0 Å². The van der Waals surface area contributed by atoms with Crippen molar-refractivity contribution in [1.82, 2.24) is 24.7 Å². The standard InChI is InChI=1S/C18H31N7O3S/c1-3-19-18(20-7-10-29(27,28)22-11-15-5-4-6-15)24-8-9-25(17(26)14-24)16-12-21-23(2)13-16/h12-13,15,22H,3-11,14H2,1-2H3,(H,19,20). The van der Waals surface area contributed by atoms with Crippen LogP contribution >= 0.6 is 0 Å². The summed E-state index contributed by atoms with van der Waals surface area (Å²) in [7, 11) is -1.52. The van der Waals surface area contributed by atoms with E-state index in [-0.39, 0.29) is 24.7 Å². The van der Waals surface area contributed by atoms with Gasteiger partial charge in [-0.15, -0.1) is 0 Å². The molecule has 0 unspecified atom stereocenters. The number of aliphatic imine (C=N–C) groups is 1. The van der Waals surface area contributed by atoms with Gasteiger partial charge in [-0.25, -0.2) is 13.1 Å². The first-order chi connectivity index (χ1) is 13.9. The highest BCUT2D eigenvalue weighted by Crippen LogP contribution is 2.25. The molecule has 0 radical (unpaired) electrons. The average molecular weight is 426 g/mol. The largest absolute Gasteiger partial charge is 0.357 e. The Labute approximate surface area is 172 Å². The monoisotopic (exact) mass is 425 g/mol. The number of amides is 1. The minimum Gasteiger partial charge on any atom is -0.357 e. The molecular weight excluding hydrogens is 394 g/mol. The van der Waals surface area contributed by atoms with E-state index < -0.39 is 10.0 Å². The van der Waals surface area contributed by atoms with Crippen molar-refractivity contribution in [3.8, 4) is 0 Å². The molecule has 3 rings (SSSR count). The number of carbonyl (C=O) groups is 1. The van der Waals surface area contributed by atoms with Crippen LogP contribution in [0.5, 0.6) is 0 Å². The maximum Gasteiger partial charge on any atom is 0.246 e. The van der Waals surface area contributed by atoms with Gasteiger partial charge in [0.2, 0.25) is 15.9 Å². The summed E-state index contributed by atoms with van der Waals surface area (Å²) < 4.78 is 28.7. The Balaban J connectivity index is 1.54.